The van der Waals surface area contributed by atoms with Crippen LogP contribution in [0.4, 0.5) is 9.59 Å². The van der Waals surface area contributed by atoms with Gasteiger partial charge in [0.2, 0.25) is 11.6 Å². The number of carboxylic acid groups (broad SMARTS) is 2. The maximum absolute atomic E-state index is 13.9. The number of carbonyl (C=O) groups excluding carboxylic acids is 4. The van der Waals surface area contributed by atoms with E-state index >= 15 is 0 Å². The molecule has 2 amide bonds. The van der Waals surface area contributed by atoms with Gasteiger partial charge in [-0.05, 0) is 60.1 Å². The van der Waals surface area contributed by atoms with Crippen LogP contribution in [0.1, 0.15) is 150 Å². The van der Waals surface area contributed by atoms with Gasteiger partial charge in [0.1, 0.15) is 11.4 Å². The molecule has 14 heteroatoms. The predicted octanol–water partition coefficient (Wildman–Crippen LogP) is 8.88. The molecule has 0 radical (unpaired) electrons. The molecular weight excluding hydrogens is 732 g/mol. The molecule has 1 aliphatic rings. The molecule has 0 saturated carbocycles. The zero-order chi connectivity index (χ0) is 42.1. The second kappa shape index (κ2) is 22.4. The lowest BCUT2D eigenvalue weighted by Gasteiger charge is -2.21. The Morgan fingerprint density at radius 2 is 0.895 bits per heavy atom. The highest BCUT2D eigenvalue weighted by Crippen LogP contribution is 2.49. The first-order valence-corrected chi connectivity index (χ1v) is 20.1. The Morgan fingerprint density at radius 3 is 1.19 bits per heavy atom. The number of ketones is 2. The van der Waals surface area contributed by atoms with Crippen molar-refractivity contribution in [2.24, 2.45) is 10.3 Å². The molecule has 2 N–H and O–H groups in total. The maximum Gasteiger partial charge on any atom is 0.435 e. The van der Waals surface area contributed by atoms with Crippen molar-refractivity contribution in [1.82, 2.24) is 9.80 Å². The zero-order valence-corrected chi connectivity index (χ0v) is 34.2. The van der Waals surface area contributed by atoms with E-state index in [1.807, 2.05) is 41.5 Å². The summed E-state index contributed by atoms with van der Waals surface area (Å²) in [6.07, 6.45) is 3.66. The monoisotopic (exact) mass is 790 g/mol. The fourth-order valence-corrected chi connectivity index (χ4v) is 6.53. The second-order valence-corrected chi connectivity index (χ2v) is 14.8. The van der Waals surface area contributed by atoms with E-state index in [4.69, 9.17) is 9.68 Å². The third-order valence-corrected chi connectivity index (χ3v) is 9.99. The summed E-state index contributed by atoms with van der Waals surface area (Å²) < 4.78 is 0. The number of hydrogen-bond acceptors (Lipinski definition) is 10. The minimum atomic E-state index is -1.15. The number of unbranched alkanes of at least 4 members (excludes halogenated alkanes) is 4. The average molecular weight is 791 g/mol. The van der Waals surface area contributed by atoms with Crippen molar-refractivity contribution in [3.05, 3.63) is 58.7 Å². The fraction of sp³-hybridized carbons (Fsp3) is 0.535. The summed E-state index contributed by atoms with van der Waals surface area (Å²) >= 11 is 0. The number of benzene rings is 2. The summed E-state index contributed by atoms with van der Waals surface area (Å²) in [5, 5.41) is 26.6. The quantitative estimate of drug-likeness (QED) is 0.0449. The Balaban J connectivity index is 2.00. The largest absolute Gasteiger partial charge is 0.481 e. The summed E-state index contributed by atoms with van der Waals surface area (Å²) in [5.41, 5.74) is 2.38. The SMILES string of the molecule is CCCCN(CCCC)C(=O)O/N=C(\CCC(=O)O)C(=O)c1ccc2c(c1)-c1cc(C(=O)/C(CCC(=O)O)=N/OC(=O)N(CCCC)CCCC)ccc1C2(C)C. The molecule has 0 bridgehead atoms. The van der Waals surface area contributed by atoms with Crippen LogP contribution < -0.4 is 0 Å². The van der Waals surface area contributed by atoms with Gasteiger partial charge in [-0.1, -0.05) is 102 Å². The van der Waals surface area contributed by atoms with Gasteiger partial charge in [0.25, 0.3) is 0 Å². The van der Waals surface area contributed by atoms with Crippen LogP contribution in [0.2, 0.25) is 0 Å². The number of fused-ring (bicyclic) bond motifs is 3. The Morgan fingerprint density at radius 1 is 0.561 bits per heavy atom. The third kappa shape index (κ3) is 12.8. The fourth-order valence-electron chi connectivity index (χ4n) is 6.53. The highest BCUT2D eigenvalue weighted by atomic mass is 16.7. The average Bonchev–Trinajstić information content (AvgIpc) is 3.41. The van der Waals surface area contributed by atoms with Crippen molar-refractivity contribution in [3.63, 3.8) is 0 Å². The molecule has 2 aromatic rings. The van der Waals surface area contributed by atoms with E-state index in [9.17, 15) is 39.0 Å². The number of oxime groups is 2. The first-order valence-electron chi connectivity index (χ1n) is 20.1. The van der Waals surface area contributed by atoms with Gasteiger partial charge >= 0.3 is 24.1 Å². The minimum absolute atomic E-state index is 0.175. The van der Waals surface area contributed by atoms with Gasteiger partial charge in [0.05, 0.1) is 12.8 Å². The Hall–Kier alpha value is -5.40. The molecule has 310 valence electrons. The lowest BCUT2D eigenvalue weighted by molar-refractivity contribution is -0.137. The van der Waals surface area contributed by atoms with E-state index in [1.165, 1.54) is 9.80 Å². The van der Waals surface area contributed by atoms with Crippen LogP contribution in [0.15, 0.2) is 46.7 Å². The summed E-state index contributed by atoms with van der Waals surface area (Å²) in [7, 11) is 0. The number of hydrogen-bond donors (Lipinski definition) is 2. The highest BCUT2D eigenvalue weighted by Gasteiger charge is 2.37. The van der Waals surface area contributed by atoms with E-state index in [-0.39, 0.29) is 35.4 Å². The zero-order valence-electron chi connectivity index (χ0n) is 34.2. The number of nitrogens with zero attached hydrogens (tertiary/aromatic N) is 4. The summed E-state index contributed by atoms with van der Waals surface area (Å²) in [6.45, 7) is 13.9. The molecule has 3 rings (SSSR count). The number of aliphatic carboxylic acids is 2. The van der Waals surface area contributed by atoms with Crippen LogP contribution in [-0.2, 0) is 24.7 Å². The molecule has 1 aliphatic carbocycles. The lowest BCUT2D eigenvalue weighted by Crippen LogP contribution is -2.33. The number of carboxylic acids is 2. The first-order chi connectivity index (χ1) is 27.2. The van der Waals surface area contributed by atoms with Crippen molar-refractivity contribution < 1.29 is 48.7 Å². The molecule has 0 unspecified atom stereocenters. The van der Waals surface area contributed by atoms with E-state index in [1.54, 1.807) is 36.4 Å². The third-order valence-electron chi connectivity index (χ3n) is 9.99. The van der Waals surface area contributed by atoms with Gasteiger partial charge in [-0.15, -0.1) is 0 Å². The minimum Gasteiger partial charge on any atom is -0.481 e. The van der Waals surface area contributed by atoms with Crippen LogP contribution in [0.5, 0.6) is 0 Å². The molecule has 2 aromatic carbocycles. The summed E-state index contributed by atoms with van der Waals surface area (Å²) in [4.78, 5) is 90.5. The van der Waals surface area contributed by atoms with Gasteiger partial charge in [0.15, 0.2) is 0 Å². The van der Waals surface area contributed by atoms with Crippen LogP contribution in [0.25, 0.3) is 11.1 Å². The van der Waals surface area contributed by atoms with Gasteiger partial charge in [0, 0.05) is 55.6 Å². The van der Waals surface area contributed by atoms with Crippen molar-refractivity contribution >= 4 is 47.1 Å². The smallest absolute Gasteiger partial charge is 0.435 e. The van der Waals surface area contributed by atoms with Gasteiger partial charge in [-0.25, -0.2) is 9.59 Å². The number of rotatable bonds is 24. The van der Waals surface area contributed by atoms with Gasteiger partial charge in [-0.3, -0.25) is 28.9 Å². The number of amides is 2. The standard InChI is InChI=1S/C43H58N4O10/c1-7-11-23-46(24-12-8-2)41(54)56-44-35(19-21-37(48)49)39(52)29-15-17-33-31(27-29)32-28-30(16-18-34(32)43(33,5)6)40(53)36(20-22-38(50)51)45-57-42(55)47(25-13-9-3)26-14-10-4/h15-18,27-28H,7-14,19-26H2,1-6H3,(H,48,49)(H,50,51)/b44-35+,45-36+. The van der Waals surface area contributed by atoms with Crippen molar-refractivity contribution in [3.8, 4) is 11.1 Å². The molecule has 0 aromatic heterocycles. The lowest BCUT2D eigenvalue weighted by atomic mass is 9.82. The molecular formula is C43H58N4O10. The van der Waals surface area contributed by atoms with Crippen LogP contribution in [0, 0.1) is 0 Å². The van der Waals surface area contributed by atoms with E-state index in [0.29, 0.717) is 37.3 Å². The highest BCUT2D eigenvalue weighted by molar-refractivity contribution is 6.47. The molecule has 0 spiro atoms. The van der Waals surface area contributed by atoms with E-state index < -0.39 is 53.9 Å². The topological polar surface area (TPSA) is 193 Å². The van der Waals surface area contributed by atoms with Crippen molar-refractivity contribution in [2.75, 3.05) is 26.2 Å². The molecule has 0 atom stereocenters. The normalized spacial score (nSPS) is 13.0. The summed E-state index contributed by atoms with van der Waals surface area (Å²) in [5.74, 6) is -3.53. The van der Waals surface area contributed by atoms with Gasteiger partial charge in [-0.2, -0.15) is 0 Å². The molecule has 0 aliphatic heterocycles. The van der Waals surface area contributed by atoms with Crippen LogP contribution in [-0.4, -0.2) is 93.3 Å². The van der Waals surface area contributed by atoms with Crippen molar-refractivity contribution in [1.29, 1.82) is 0 Å². The predicted molar refractivity (Wildman–Crippen MR) is 217 cm³/mol. The van der Waals surface area contributed by atoms with Crippen molar-refractivity contribution in [2.45, 2.75) is 124 Å². The second-order valence-electron chi connectivity index (χ2n) is 14.8. The molecule has 0 fully saturated rings. The van der Waals surface area contributed by atoms with Crippen LogP contribution in [0.3, 0.4) is 0 Å². The van der Waals surface area contributed by atoms with E-state index in [0.717, 1.165) is 62.5 Å². The Kier molecular flexibility index (Phi) is 18.0. The maximum atomic E-state index is 13.9. The number of Topliss-reactive ketones (excluding diaryl/α,β-unsaturated/α-hetero) is 2. The molecule has 57 heavy (non-hydrogen) atoms. The number of carbonyl (C=O) groups is 6. The molecule has 0 saturated heterocycles. The Bertz CT molecular complexity index is 1690. The van der Waals surface area contributed by atoms with Crippen LogP contribution >= 0.6 is 0 Å². The Labute approximate surface area is 335 Å². The molecule has 0 heterocycles. The van der Waals surface area contributed by atoms with Gasteiger partial charge < -0.3 is 20.0 Å². The van der Waals surface area contributed by atoms with E-state index in [2.05, 4.69) is 10.3 Å². The summed E-state index contributed by atoms with van der Waals surface area (Å²) in [6, 6.07) is 10.1. The molecule has 14 nitrogen and oxygen atoms in total. The first kappa shape index (κ1) is 46.0.